The van der Waals surface area contributed by atoms with Gasteiger partial charge in [0.1, 0.15) is 11.2 Å². The Bertz CT molecular complexity index is 4220. The minimum absolute atomic E-state index is 0.136. The molecular formula is C65H48N4O. The third-order valence-electron chi connectivity index (χ3n) is 14.2. The molecule has 0 saturated heterocycles. The lowest BCUT2D eigenvalue weighted by Gasteiger charge is -2.22. The number of hydrogen-bond donors (Lipinski definition) is 0. The average molecular weight is 901 g/mol. The highest BCUT2D eigenvalue weighted by Crippen LogP contribution is 2.51. The first-order chi connectivity index (χ1) is 34.4. The second kappa shape index (κ2) is 16.2. The van der Waals surface area contributed by atoms with Gasteiger partial charge in [0.05, 0.1) is 11.0 Å². The third-order valence-corrected chi connectivity index (χ3v) is 14.2. The fourth-order valence-corrected chi connectivity index (χ4v) is 11.1. The summed E-state index contributed by atoms with van der Waals surface area (Å²) in [6.07, 6.45) is 1.25. The number of hydrogen-bond acceptors (Lipinski definition) is 4. The number of rotatable bonds is 5. The molecule has 0 aliphatic heterocycles. The van der Waals surface area contributed by atoms with Crippen LogP contribution >= 0.6 is 0 Å². The summed E-state index contributed by atoms with van der Waals surface area (Å²) in [7, 11) is 0. The fourth-order valence-electron chi connectivity index (χ4n) is 11.1. The maximum atomic E-state index is 6.34. The molecule has 0 amide bonds. The van der Waals surface area contributed by atoms with E-state index in [1.165, 1.54) is 77.6 Å². The predicted molar refractivity (Wildman–Crippen MR) is 292 cm³/mol. The van der Waals surface area contributed by atoms with E-state index in [-0.39, 0.29) is 5.41 Å². The van der Waals surface area contributed by atoms with Crippen LogP contribution in [0, 0.1) is 0 Å². The molecule has 1 aliphatic carbocycles. The maximum absolute atomic E-state index is 6.34. The maximum Gasteiger partial charge on any atom is 0.164 e. The van der Waals surface area contributed by atoms with Crippen LogP contribution in [0.15, 0.2) is 211 Å². The zero-order chi connectivity index (χ0) is 47.1. The van der Waals surface area contributed by atoms with Crippen LogP contribution in [0.2, 0.25) is 0 Å². The number of para-hydroxylation sites is 2. The molecule has 5 heteroatoms. The Hall–Kier alpha value is -8.67. The van der Waals surface area contributed by atoms with Crippen molar-refractivity contribution in [2.75, 3.05) is 0 Å². The van der Waals surface area contributed by atoms with Crippen molar-refractivity contribution < 1.29 is 4.42 Å². The molecule has 0 N–H and O–H groups in total. The molecule has 0 atom stereocenters. The van der Waals surface area contributed by atoms with Crippen molar-refractivity contribution in [1.82, 2.24) is 19.5 Å². The van der Waals surface area contributed by atoms with Crippen molar-refractivity contribution in [1.29, 1.82) is 0 Å². The zero-order valence-corrected chi connectivity index (χ0v) is 39.5. The van der Waals surface area contributed by atoms with Gasteiger partial charge in [0.25, 0.3) is 0 Å². The monoisotopic (exact) mass is 900 g/mol. The summed E-state index contributed by atoms with van der Waals surface area (Å²) >= 11 is 0. The summed E-state index contributed by atoms with van der Waals surface area (Å²) in [5.41, 5.74) is 15.2. The molecule has 0 spiro atoms. The van der Waals surface area contributed by atoms with Gasteiger partial charge in [-0.1, -0.05) is 204 Å². The van der Waals surface area contributed by atoms with Gasteiger partial charge < -0.3 is 8.98 Å². The lowest BCUT2D eigenvalue weighted by molar-refractivity contribution is 0.660. The molecule has 5 nitrogen and oxygen atoms in total. The van der Waals surface area contributed by atoms with Crippen molar-refractivity contribution in [2.24, 2.45) is 0 Å². The van der Waals surface area contributed by atoms with E-state index in [1.54, 1.807) is 0 Å². The summed E-state index contributed by atoms with van der Waals surface area (Å²) < 4.78 is 8.84. The molecule has 0 fully saturated rings. The van der Waals surface area contributed by atoms with Gasteiger partial charge in [0, 0.05) is 60.3 Å². The minimum Gasteiger partial charge on any atom is -0.456 e. The molecular weight excluding hydrogens is 853 g/mol. The highest BCUT2D eigenvalue weighted by Gasteiger charge is 2.35. The Morgan fingerprint density at radius 3 is 1.71 bits per heavy atom. The first kappa shape index (κ1) is 41.5. The van der Waals surface area contributed by atoms with Gasteiger partial charge in [-0.25, -0.2) is 15.0 Å². The van der Waals surface area contributed by atoms with E-state index in [0.29, 0.717) is 17.5 Å². The van der Waals surface area contributed by atoms with Crippen molar-refractivity contribution in [3.8, 4) is 62.1 Å². The van der Waals surface area contributed by atoms with E-state index in [0.717, 1.165) is 49.8 Å². The smallest absolute Gasteiger partial charge is 0.164 e. The van der Waals surface area contributed by atoms with Crippen LogP contribution in [-0.2, 0) is 5.41 Å². The normalized spacial score (nSPS) is 12.7. The Morgan fingerprint density at radius 1 is 0.386 bits per heavy atom. The van der Waals surface area contributed by atoms with E-state index in [2.05, 4.69) is 196 Å². The lowest BCUT2D eigenvalue weighted by Crippen LogP contribution is -2.14. The predicted octanol–water partition coefficient (Wildman–Crippen LogP) is 17.6. The van der Waals surface area contributed by atoms with E-state index in [1.807, 2.05) is 42.5 Å². The molecule has 3 heterocycles. The largest absolute Gasteiger partial charge is 0.456 e. The Kier molecular flexibility index (Phi) is 9.63. The fraction of sp³-hybridized carbons (Fsp3) is 0.0923. The lowest BCUT2D eigenvalue weighted by atomic mass is 9.81. The van der Waals surface area contributed by atoms with Crippen LogP contribution < -0.4 is 0 Å². The van der Waals surface area contributed by atoms with E-state index in [4.69, 9.17) is 19.4 Å². The molecule has 14 rings (SSSR count). The molecule has 0 unspecified atom stereocenters. The summed E-state index contributed by atoms with van der Waals surface area (Å²) in [5.74, 6) is 1.77. The van der Waals surface area contributed by atoms with Crippen LogP contribution in [0.5, 0.6) is 0 Å². The van der Waals surface area contributed by atoms with Gasteiger partial charge in [-0.2, -0.15) is 0 Å². The van der Waals surface area contributed by atoms with Crippen LogP contribution in [0.25, 0.3) is 127 Å². The molecule has 13 aromatic rings. The quantitative estimate of drug-likeness (QED) is 0.162. The van der Waals surface area contributed by atoms with Crippen molar-refractivity contribution in [2.45, 2.75) is 39.5 Å². The van der Waals surface area contributed by atoms with Gasteiger partial charge in [0.15, 0.2) is 17.5 Å². The summed E-state index contributed by atoms with van der Waals surface area (Å²) in [4.78, 5) is 15.6. The average Bonchev–Trinajstić information content (AvgIpc) is 4.04. The minimum atomic E-state index is -0.136. The molecule has 3 aromatic heterocycles. The number of furan rings is 1. The summed E-state index contributed by atoms with van der Waals surface area (Å²) in [6, 6.07) is 73.8. The molecule has 1 aliphatic rings. The van der Waals surface area contributed by atoms with Crippen LogP contribution in [0.4, 0.5) is 0 Å². The van der Waals surface area contributed by atoms with E-state index < -0.39 is 0 Å². The zero-order valence-electron chi connectivity index (χ0n) is 39.5. The standard InChI is InChI=1S/C62H40N4O.C3H8/c1-62(2)52-28-12-10-22-45(52)46-32-30-38(35-53(46)62)42-26-15-27-51-56-49-24-8-6-20-43(49)44-21-7-9-25-50(44)58(56)66(57(42)51)41-19-14-18-39(34-41)60-63-59(37-16-4-3-5-17-37)64-61(65-60)40-31-33-48-47-23-11-13-29-54(47)67-55(48)36-40;1-3-2/h3-36H,1-2H3;3H2,1-2H3. The topological polar surface area (TPSA) is 56.7 Å². The first-order valence-corrected chi connectivity index (χ1v) is 24.3. The number of benzene rings is 10. The van der Waals surface area contributed by atoms with Crippen molar-refractivity contribution >= 4 is 65.3 Å². The Morgan fingerprint density at radius 2 is 0.929 bits per heavy atom. The first-order valence-electron chi connectivity index (χ1n) is 24.3. The number of fused-ring (bicyclic) bond motifs is 14. The molecule has 70 heavy (non-hydrogen) atoms. The third kappa shape index (κ3) is 6.42. The van der Waals surface area contributed by atoms with Crippen LogP contribution in [0.3, 0.4) is 0 Å². The van der Waals surface area contributed by atoms with Gasteiger partial charge in [-0.15, -0.1) is 0 Å². The van der Waals surface area contributed by atoms with Crippen LogP contribution in [-0.4, -0.2) is 19.5 Å². The summed E-state index contributed by atoms with van der Waals surface area (Å²) in [5, 5.41) is 9.48. The molecule has 10 aromatic carbocycles. The van der Waals surface area contributed by atoms with Gasteiger partial charge in [-0.05, 0) is 80.4 Å². The molecule has 0 saturated carbocycles. The van der Waals surface area contributed by atoms with Gasteiger partial charge in [-0.3, -0.25) is 0 Å². The highest BCUT2D eigenvalue weighted by atomic mass is 16.3. The second-order valence-corrected chi connectivity index (χ2v) is 19.0. The number of aromatic nitrogens is 4. The Balaban J connectivity index is 0.00000156. The number of nitrogens with zero attached hydrogens (tertiary/aromatic N) is 4. The van der Waals surface area contributed by atoms with Gasteiger partial charge in [0.2, 0.25) is 0 Å². The van der Waals surface area contributed by atoms with Crippen molar-refractivity contribution in [3.63, 3.8) is 0 Å². The molecule has 0 radical (unpaired) electrons. The van der Waals surface area contributed by atoms with Crippen molar-refractivity contribution in [3.05, 3.63) is 217 Å². The molecule has 334 valence electrons. The van der Waals surface area contributed by atoms with Gasteiger partial charge >= 0.3 is 0 Å². The SMILES string of the molecule is CC1(C)c2ccccc2-c2ccc(-c3cccc4c5c6ccccc6c6ccccc6c5n(-c5cccc(-c6nc(-c7ccccc7)nc(-c7ccc8c(c7)oc7ccccc78)n6)c5)c34)cc21.CCC. The van der Waals surface area contributed by atoms with E-state index in [9.17, 15) is 0 Å². The summed E-state index contributed by atoms with van der Waals surface area (Å²) in [6.45, 7) is 8.96. The van der Waals surface area contributed by atoms with Crippen LogP contribution in [0.1, 0.15) is 45.2 Å². The highest BCUT2D eigenvalue weighted by molar-refractivity contribution is 6.33. The van der Waals surface area contributed by atoms with E-state index >= 15 is 0 Å². The second-order valence-electron chi connectivity index (χ2n) is 19.0. The Labute approximate surface area is 406 Å². The molecule has 0 bridgehead atoms.